The third-order valence-corrected chi connectivity index (χ3v) is 12.8. The molecule has 6 heterocycles. The monoisotopic (exact) mass is 858 g/mol. The molecule has 10 rings (SSSR count). The van der Waals surface area contributed by atoms with Gasteiger partial charge in [0.05, 0.1) is 35.6 Å². The topological polar surface area (TPSA) is 115 Å². The number of halogens is 6. The first kappa shape index (κ1) is 41.1. The van der Waals surface area contributed by atoms with E-state index in [1.165, 1.54) is 12.1 Å². The van der Waals surface area contributed by atoms with Crippen LogP contribution in [0.4, 0.5) is 32.0 Å². The van der Waals surface area contributed by atoms with Crippen LogP contribution in [0, 0.1) is 18.8 Å². The predicted molar refractivity (Wildman–Crippen MR) is 216 cm³/mol. The highest BCUT2D eigenvalue weighted by molar-refractivity contribution is 6.01. The fourth-order valence-electron chi connectivity index (χ4n) is 10.1. The first-order chi connectivity index (χ1) is 29.6. The summed E-state index contributed by atoms with van der Waals surface area (Å²) in [5.41, 5.74) is 3.51. The molecule has 4 aromatic heterocycles. The Hall–Kier alpha value is -6.23. The van der Waals surface area contributed by atoms with Gasteiger partial charge < -0.3 is 19.4 Å². The van der Waals surface area contributed by atoms with Crippen molar-refractivity contribution in [3.05, 3.63) is 120 Å². The van der Waals surface area contributed by atoms with E-state index in [-0.39, 0.29) is 46.4 Å². The highest BCUT2D eigenvalue weighted by atomic mass is 19.4. The van der Waals surface area contributed by atoms with Crippen LogP contribution in [0.2, 0.25) is 0 Å². The molecule has 1 unspecified atom stereocenters. The molecule has 2 saturated heterocycles. The number of amides is 2. The summed E-state index contributed by atoms with van der Waals surface area (Å²) in [6, 6.07) is 19.5. The number of aryl methyl sites for hydroxylation is 2. The van der Waals surface area contributed by atoms with Crippen LogP contribution in [0.15, 0.2) is 97.6 Å². The minimum absolute atomic E-state index is 0.0765. The Balaban J connectivity index is 0.000000159. The van der Waals surface area contributed by atoms with Gasteiger partial charge in [-0.15, -0.1) is 0 Å². The van der Waals surface area contributed by atoms with Gasteiger partial charge in [0, 0.05) is 79.2 Å². The number of para-hydroxylation sites is 1. The molecule has 7 atom stereocenters. The van der Waals surface area contributed by atoms with Crippen LogP contribution in [0.3, 0.4) is 0 Å². The Morgan fingerprint density at radius 3 is 2.08 bits per heavy atom. The molecule has 62 heavy (non-hydrogen) atoms. The molecule has 1 N–H and O–H groups in total. The lowest BCUT2D eigenvalue weighted by molar-refractivity contribution is -0.138. The Labute approximate surface area is 351 Å². The SMILES string of the molecule is Cc1cnn(C)c1-c1ccccc1C(=O)N1C[C@H]2C[C@@H](Oc3ccc(C(F)(F)F)cn3)[C@@H]1C2.O=C[N+]1(c2cccc3cc[nH]c23)C[C@H]2C[C@@H](Oc3ccc(C(F)(F)F)cn3)[C@@H]1C2. The van der Waals surface area contributed by atoms with Crippen LogP contribution in [0.5, 0.6) is 11.8 Å². The number of likely N-dealkylation sites (tertiary alicyclic amines) is 2. The smallest absolute Gasteiger partial charge is 0.417 e. The summed E-state index contributed by atoms with van der Waals surface area (Å²) in [6.07, 6.45) is -0.142. The Kier molecular flexibility index (Phi) is 10.3. The number of ether oxygens (including phenoxy) is 2. The van der Waals surface area contributed by atoms with Gasteiger partial charge in [0.1, 0.15) is 17.7 Å². The van der Waals surface area contributed by atoms with Crippen molar-refractivity contribution < 1.29 is 45.4 Å². The number of carbonyl (C=O) groups is 2. The molecule has 2 amide bonds. The van der Waals surface area contributed by atoms with Crippen molar-refractivity contribution in [2.45, 2.75) is 69.3 Å². The molecule has 2 aromatic carbocycles. The van der Waals surface area contributed by atoms with Crippen LogP contribution >= 0.6 is 0 Å². The molecule has 0 radical (unpaired) electrons. The van der Waals surface area contributed by atoms with Crippen LogP contribution < -0.4 is 14.0 Å². The lowest BCUT2D eigenvalue weighted by Gasteiger charge is -2.39. The van der Waals surface area contributed by atoms with E-state index in [0.29, 0.717) is 30.5 Å². The molecule has 322 valence electrons. The number of alkyl halides is 6. The minimum atomic E-state index is -4.44. The molecule has 4 aliphatic rings. The summed E-state index contributed by atoms with van der Waals surface area (Å²) in [4.78, 5) is 38.8. The van der Waals surface area contributed by atoms with Gasteiger partial charge in [-0.2, -0.15) is 31.4 Å². The van der Waals surface area contributed by atoms with Crippen molar-refractivity contribution in [3.63, 3.8) is 0 Å². The number of aromatic nitrogens is 5. The molecule has 2 aliphatic heterocycles. The quantitative estimate of drug-likeness (QED) is 0.0925. The van der Waals surface area contributed by atoms with Gasteiger partial charge in [0.2, 0.25) is 11.8 Å². The fourth-order valence-corrected chi connectivity index (χ4v) is 10.1. The zero-order valence-corrected chi connectivity index (χ0v) is 33.6. The molecular weight excluding hydrogens is 817 g/mol. The predicted octanol–water partition coefficient (Wildman–Crippen LogP) is 8.78. The summed E-state index contributed by atoms with van der Waals surface area (Å²) in [6.45, 7) is 3.30. The second kappa shape index (κ2) is 15.6. The van der Waals surface area contributed by atoms with Crippen LogP contribution in [-0.2, 0) is 24.2 Å². The zero-order valence-electron chi connectivity index (χ0n) is 33.6. The van der Waals surface area contributed by atoms with Crippen molar-refractivity contribution in [3.8, 4) is 23.0 Å². The number of pyridine rings is 2. The Morgan fingerprint density at radius 2 is 1.48 bits per heavy atom. The number of H-pyrrole nitrogens is 1. The van der Waals surface area contributed by atoms with Crippen molar-refractivity contribution in [1.82, 2.24) is 34.1 Å². The maximum absolute atomic E-state index is 13.6. The van der Waals surface area contributed by atoms with Gasteiger partial charge >= 0.3 is 18.8 Å². The normalized spacial score (nSPS) is 25.2. The van der Waals surface area contributed by atoms with E-state index in [9.17, 15) is 35.9 Å². The lowest BCUT2D eigenvalue weighted by Crippen LogP contribution is -2.60. The van der Waals surface area contributed by atoms with Gasteiger partial charge in [-0.3, -0.25) is 9.48 Å². The molecule has 4 fully saturated rings. The average Bonchev–Trinajstić information content (AvgIpc) is 4.12. The first-order valence-electron chi connectivity index (χ1n) is 20.3. The summed E-state index contributed by atoms with van der Waals surface area (Å²) in [5, 5.41) is 5.34. The van der Waals surface area contributed by atoms with E-state index in [1.807, 2.05) is 73.6 Å². The van der Waals surface area contributed by atoms with E-state index in [4.69, 9.17) is 9.47 Å². The van der Waals surface area contributed by atoms with E-state index in [0.717, 1.165) is 90.0 Å². The number of piperidine rings is 2. The molecule has 4 bridgehead atoms. The number of fused-ring (bicyclic) bond motifs is 5. The first-order valence-corrected chi connectivity index (χ1v) is 20.3. The van der Waals surface area contributed by atoms with E-state index >= 15 is 0 Å². The van der Waals surface area contributed by atoms with Crippen molar-refractivity contribution in [2.75, 3.05) is 13.1 Å². The molecule has 2 aliphatic carbocycles. The number of hydrogen-bond donors (Lipinski definition) is 1. The highest BCUT2D eigenvalue weighted by Gasteiger charge is 2.60. The summed E-state index contributed by atoms with van der Waals surface area (Å²) in [5.74, 6) is 0.822. The van der Waals surface area contributed by atoms with Crippen molar-refractivity contribution in [1.29, 1.82) is 0 Å². The van der Waals surface area contributed by atoms with Crippen molar-refractivity contribution in [2.24, 2.45) is 18.9 Å². The molecular formula is C45H42F6N7O4+. The van der Waals surface area contributed by atoms with Gasteiger partial charge in [-0.1, -0.05) is 30.3 Å². The minimum Gasteiger partial charge on any atom is -0.472 e. The third kappa shape index (κ3) is 7.45. The summed E-state index contributed by atoms with van der Waals surface area (Å²) < 4.78 is 90.5. The standard InChI is InChI=1S/C24H23F3N4O2.C21H19F3N3O2/c1-14-11-29-30(2)22(14)17-5-3-4-6-18(17)23(32)31-13-15-9-19(31)20(10-15)33-21-8-7-16(12-28-21)24(25,26)27;22-21(23,24)15-4-5-19(26-10-15)29-18-9-13-8-17(18)27(11-13,12-28)16-3-1-2-14-6-7-25-20(14)16/h3-8,11-12,15,19-20H,9-10,13H2,1-2H3;1-7,10,12-13,17-18,25H,8-9,11H2/q;+1/t15-,19+,20-;13-,17+,18-,27?/m11/s1. The number of benzene rings is 2. The Bertz CT molecular complexity index is 2590. The molecule has 11 nitrogen and oxygen atoms in total. The Morgan fingerprint density at radius 1 is 0.806 bits per heavy atom. The maximum atomic E-state index is 13.6. The largest absolute Gasteiger partial charge is 0.472 e. The second-order valence-electron chi connectivity index (χ2n) is 16.6. The average molecular weight is 859 g/mol. The van der Waals surface area contributed by atoms with E-state index in [2.05, 4.69) is 20.1 Å². The zero-order chi connectivity index (χ0) is 43.6. The fraction of sp³-hybridized carbons (Fsp3) is 0.356. The molecule has 6 aromatic rings. The second-order valence-corrected chi connectivity index (χ2v) is 16.6. The molecule has 17 heteroatoms. The number of rotatable bonds is 8. The highest BCUT2D eigenvalue weighted by Crippen LogP contribution is 2.48. The maximum Gasteiger partial charge on any atom is 0.417 e. The number of nitrogens with zero attached hydrogens (tertiary/aromatic N) is 6. The van der Waals surface area contributed by atoms with Crippen LogP contribution in [-0.4, -0.2) is 79.3 Å². The summed E-state index contributed by atoms with van der Waals surface area (Å²) >= 11 is 0. The molecule has 0 spiro atoms. The van der Waals surface area contributed by atoms with Gasteiger partial charge in [0.25, 0.3) is 5.91 Å². The third-order valence-electron chi connectivity index (χ3n) is 12.8. The number of hydrogen-bond acceptors (Lipinski definition) is 7. The van der Waals surface area contributed by atoms with Crippen LogP contribution in [0.25, 0.3) is 22.2 Å². The summed E-state index contributed by atoms with van der Waals surface area (Å²) in [7, 11) is 1.85. The number of carbonyl (C=O) groups excluding carboxylic acids is 2. The number of nitrogens with one attached hydrogen (secondary N) is 1. The van der Waals surface area contributed by atoms with E-state index in [1.54, 1.807) is 10.9 Å². The van der Waals surface area contributed by atoms with Crippen molar-refractivity contribution >= 4 is 28.9 Å². The lowest BCUT2D eigenvalue weighted by atomic mass is 9.99. The number of quaternary nitrogens is 1. The number of aromatic amines is 1. The molecule has 2 saturated carbocycles. The van der Waals surface area contributed by atoms with Crippen LogP contribution in [0.1, 0.15) is 52.7 Å². The van der Waals surface area contributed by atoms with Gasteiger partial charge in [0.15, 0.2) is 11.8 Å². The van der Waals surface area contributed by atoms with E-state index < -0.39 is 23.5 Å². The van der Waals surface area contributed by atoms with Gasteiger partial charge in [-0.25, -0.2) is 19.2 Å². The van der Waals surface area contributed by atoms with Gasteiger partial charge in [-0.05, 0) is 61.9 Å².